The monoisotopic (exact) mass is 731 g/mol. The van der Waals surface area contributed by atoms with Crippen molar-refractivity contribution in [2.75, 3.05) is 0 Å². The summed E-state index contributed by atoms with van der Waals surface area (Å²) in [5.74, 6) is 0. The number of hydrogen-bond donors (Lipinski definition) is 0. The van der Waals surface area contributed by atoms with Crippen LogP contribution in [-0.2, 0) is 0 Å². The highest BCUT2D eigenvalue weighted by Gasteiger charge is 2.19. The molecule has 2 heteroatoms. The second-order valence-corrected chi connectivity index (χ2v) is 13.3. The van der Waals surface area contributed by atoms with Gasteiger partial charge < -0.3 is 8.83 Å². The van der Waals surface area contributed by atoms with E-state index in [1.54, 1.807) is 24.3 Å². The molecule has 0 aliphatic heterocycles. The fraction of sp³-hybridized carbons (Fsp3) is 0. The van der Waals surface area contributed by atoms with Gasteiger partial charge in [0.1, 0.15) is 22.3 Å². The molecule has 2 heterocycles. The van der Waals surface area contributed by atoms with Crippen LogP contribution >= 0.6 is 0 Å². The van der Waals surface area contributed by atoms with E-state index in [1.165, 1.54) is 0 Å². The molecule has 10 aromatic carbocycles. The summed E-state index contributed by atoms with van der Waals surface area (Å²) in [6.07, 6.45) is 0. The Balaban J connectivity index is 1.11. The molecule has 12 rings (SSSR count). The highest BCUT2D eigenvalue weighted by Crippen LogP contribution is 2.45. The number of benzene rings is 10. The van der Waals surface area contributed by atoms with Crippen molar-refractivity contribution in [3.63, 3.8) is 0 Å². The van der Waals surface area contributed by atoms with Crippen molar-refractivity contribution in [2.24, 2.45) is 0 Å². The molecule has 56 heavy (non-hydrogen) atoms. The zero-order valence-electron chi connectivity index (χ0n) is 47.8. The molecule has 0 fully saturated rings. The fourth-order valence-electron chi connectivity index (χ4n) is 7.72. The first-order chi connectivity index (χ1) is 35.7. The van der Waals surface area contributed by atoms with Crippen molar-refractivity contribution in [3.05, 3.63) is 194 Å². The Labute approximate surface area is 349 Å². The average molecular weight is 732 g/mol. The topological polar surface area (TPSA) is 26.3 Å². The molecule has 0 bridgehead atoms. The van der Waals surface area contributed by atoms with Crippen LogP contribution in [0.15, 0.2) is 203 Å². The van der Waals surface area contributed by atoms with E-state index in [0.29, 0.717) is 22.3 Å². The Morgan fingerprint density at radius 3 is 1.54 bits per heavy atom. The lowest BCUT2D eigenvalue weighted by Crippen LogP contribution is -1.91. The molecule has 2 aromatic heterocycles. The van der Waals surface area contributed by atoms with Gasteiger partial charge in [0.2, 0.25) is 0 Å². The fourth-order valence-corrected chi connectivity index (χ4v) is 7.72. The summed E-state index contributed by atoms with van der Waals surface area (Å²) in [5.41, 5.74) is 1.91. The van der Waals surface area contributed by atoms with Crippen LogP contribution in [-0.4, -0.2) is 0 Å². The summed E-state index contributed by atoms with van der Waals surface area (Å²) in [5, 5.41) is 1.37. The summed E-state index contributed by atoms with van der Waals surface area (Å²) in [4.78, 5) is 0. The quantitative estimate of drug-likeness (QED) is 0.169. The third-order valence-electron chi connectivity index (χ3n) is 10.2. The van der Waals surface area contributed by atoms with Crippen LogP contribution in [0.4, 0.5) is 0 Å². The van der Waals surface area contributed by atoms with Crippen molar-refractivity contribution < 1.29 is 34.9 Å². The second kappa shape index (κ2) is 12.0. The lowest BCUT2D eigenvalue weighted by molar-refractivity contribution is 0.663. The maximum atomic E-state index is 9.54. The van der Waals surface area contributed by atoms with Gasteiger partial charge in [-0.1, -0.05) is 157 Å². The predicted molar refractivity (Wildman–Crippen MR) is 235 cm³/mol. The first kappa shape index (κ1) is 17.8. The van der Waals surface area contributed by atoms with Crippen LogP contribution in [0, 0.1) is 0 Å². The maximum Gasteiger partial charge on any atom is 0.136 e. The molecule has 0 aliphatic rings. The minimum atomic E-state index is -0.917. The first-order valence-corrected chi connectivity index (χ1v) is 17.6. The Morgan fingerprint density at radius 1 is 0.321 bits per heavy atom. The minimum absolute atomic E-state index is 0.0355. The molecule has 2 nitrogen and oxygen atoms in total. The molecule has 0 saturated carbocycles. The highest BCUT2D eigenvalue weighted by atomic mass is 16.3. The van der Waals surface area contributed by atoms with E-state index < -0.39 is 159 Å². The molecular weight excluding hydrogens is 681 g/mol. The van der Waals surface area contributed by atoms with Crippen LogP contribution in [0.1, 0.15) is 26.0 Å². The molecule has 0 amide bonds. The van der Waals surface area contributed by atoms with Crippen molar-refractivity contribution in [2.45, 2.75) is 0 Å². The van der Waals surface area contributed by atoms with Crippen molar-refractivity contribution in [3.8, 4) is 44.5 Å². The third-order valence-corrected chi connectivity index (χ3v) is 10.2. The standard InChI is InChI=1S/C54H32O2/c1-2-10-38-31-39(26-21-33(38)9-1)34-17-22-36(23-18-34)51-41-11-3-5-13-43(41)52(44-14-6-4-12-42(44)51)37-24-19-35(20-25-37)40-27-28-46-50(32-40)56-49-30-29-48-53(54(46)49)45-15-7-8-16-47(45)55-48/h1-32H/i1D,2D,3D,4D,5D,6D,9D,10D,11D,12D,13D,14D,17D,18D,21D,22D,23D,26D,31D. The highest BCUT2D eigenvalue weighted by molar-refractivity contribution is 6.26. The Bertz CT molecular complexity index is 4530. The Hall–Kier alpha value is -7.42. The number of rotatable bonds is 4. The molecule has 0 N–H and O–H groups in total. The molecule has 0 aliphatic carbocycles. The van der Waals surface area contributed by atoms with Crippen LogP contribution in [0.25, 0.3) is 121 Å². The van der Waals surface area contributed by atoms with Gasteiger partial charge in [-0.2, -0.15) is 0 Å². The van der Waals surface area contributed by atoms with Gasteiger partial charge in [-0.05, 0) is 113 Å². The van der Waals surface area contributed by atoms with Gasteiger partial charge in [0.25, 0.3) is 0 Å². The smallest absolute Gasteiger partial charge is 0.136 e. The van der Waals surface area contributed by atoms with Gasteiger partial charge in [0.15, 0.2) is 0 Å². The Kier molecular flexibility index (Phi) is 3.83. The van der Waals surface area contributed by atoms with Crippen LogP contribution in [0.3, 0.4) is 0 Å². The van der Waals surface area contributed by atoms with Gasteiger partial charge in [-0.3, -0.25) is 0 Å². The van der Waals surface area contributed by atoms with Crippen molar-refractivity contribution in [1.29, 1.82) is 0 Å². The summed E-state index contributed by atoms with van der Waals surface area (Å²) in [6.45, 7) is 0. The van der Waals surface area contributed by atoms with E-state index >= 15 is 0 Å². The predicted octanol–water partition coefficient (Wildman–Crippen LogP) is 15.6. The molecule has 0 radical (unpaired) electrons. The van der Waals surface area contributed by atoms with E-state index in [1.807, 2.05) is 54.6 Å². The van der Waals surface area contributed by atoms with Crippen molar-refractivity contribution in [1.82, 2.24) is 0 Å². The largest absolute Gasteiger partial charge is 0.456 e. The molecular formula is C54H32O2. The normalized spacial score (nSPS) is 16.7. The second-order valence-electron chi connectivity index (χ2n) is 13.3. The lowest BCUT2D eigenvalue weighted by atomic mass is 9.85. The molecule has 12 aromatic rings. The van der Waals surface area contributed by atoms with Gasteiger partial charge in [0.05, 0.1) is 26.0 Å². The van der Waals surface area contributed by atoms with Gasteiger partial charge in [-0.25, -0.2) is 0 Å². The number of para-hydroxylation sites is 1. The number of hydrogen-bond acceptors (Lipinski definition) is 2. The maximum absolute atomic E-state index is 9.54. The summed E-state index contributed by atoms with van der Waals surface area (Å²) < 4.78 is 184. The van der Waals surface area contributed by atoms with Crippen LogP contribution < -0.4 is 0 Å². The van der Waals surface area contributed by atoms with E-state index in [2.05, 4.69) is 0 Å². The Morgan fingerprint density at radius 2 is 0.839 bits per heavy atom. The van der Waals surface area contributed by atoms with E-state index in [4.69, 9.17) is 23.9 Å². The summed E-state index contributed by atoms with van der Waals surface area (Å²) in [6, 6.07) is 9.39. The molecule has 0 saturated heterocycles. The van der Waals surface area contributed by atoms with Gasteiger partial charge in [0, 0.05) is 21.5 Å². The third kappa shape index (κ3) is 4.69. The molecule has 260 valence electrons. The first-order valence-electron chi connectivity index (χ1n) is 27.1. The minimum Gasteiger partial charge on any atom is -0.456 e. The zero-order chi connectivity index (χ0) is 53.3. The van der Waals surface area contributed by atoms with Crippen LogP contribution in [0.5, 0.6) is 0 Å². The lowest BCUT2D eigenvalue weighted by Gasteiger charge is -2.18. The van der Waals surface area contributed by atoms with Gasteiger partial charge >= 0.3 is 0 Å². The van der Waals surface area contributed by atoms with Crippen LogP contribution in [0.2, 0.25) is 0 Å². The molecule has 0 unspecified atom stereocenters. The molecule has 0 spiro atoms. The molecule has 0 atom stereocenters. The number of furan rings is 2. The van der Waals surface area contributed by atoms with E-state index in [9.17, 15) is 11.0 Å². The SMILES string of the molecule is [2H]c1c([2H])c(-c2c3c([2H])c([2H])c([2H])c([2H])c3c(-c3ccc(-c4ccc5c(c4)oc4ccc6oc7ccccc7c6c45)cc3)c3c([2H])c([2H])c([2H])c([2H])c23)c([2H])c([2H])c1-c1c([2H])c([2H])c2c([2H])c([2H])c([2H])c([2H])c2c1[2H]. The van der Waals surface area contributed by atoms with E-state index in [0.717, 1.165) is 32.7 Å². The number of fused-ring (bicyclic) bond motifs is 10. The summed E-state index contributed by atoms with van der Waals surface area (Å²) in [7, 11) is 0. The average Bonchev–Trinajstić information content (AvgIpc) is 4.01. The van der Waals surface area contributed by atoms with E-state index in [-0.39, 0.29) is 21.9 Å². The van der Waals surface area contributed by atoms with Gasteiger partial charge in [-0.15, -0.1) is 0 Å². The summed E-state index contributed by atoms with van der Waals surface area (Å²) >= 11 is 0. The van der Waals surface area contributed by atoms with Crippen molar-refractivity contribution >= 4 is 76.2 Å². The zero-order valence-corrected chi connectivity index (χ0v) is 28.8.